The predicted molar refractivity (Wildman–Crippen MR) is 171 cm³/mol. The number of nitriles is 3. The van der Waals surface area contributed by atoms with Gasteiger partial charge in [-0.2, -0.15) is 15.8 Å². The van der Waals surface area contributed by atoms with Gasteiger partial charge in [-0.05, 0) is 76.9 Å². The van der Waals surface area contributed by atoms with Crippen LogP contribution in [-0.4, -0.2) is 0 Å². The van der Waals surface area contributed by atoms with Crippen molar-refractivity contribution >= 4 is 43.9 Å². The number of benzene rings is 6. The second kappa shape index (κ2) is 9.74. The molecule has 44 heavy (non-hydrogen) atoms. The third kappa shape index (κ3) is 3.84. The zero-order chi connectivity index (χ0) is 29.8. The Kier molecular flexibility index (Phi) is 5.56. The summed E-state index contributed by atoms with van der Waals surface area (Å²) in [6.07, 6.45) is 0. The van der Waals surface area contributed by atoms with Crippen LogP contribution in [-0.2, 0) is 0 Å². The first-order valence-corrected chi connectivity index (χ1v) is 14.0. The van der Waals surface area contributed by atoms with Crippen LogP contribution >= 0.6 is 0 Å². The second-order valence-corrected chi connectivity index (χ2v) is 10.7. The molecule has 0 radical (unpaired) electrons. The second-order valence-electron chi connectivity index (χ2n) is 10.7. The van der Waals surface area contributed by atoms with E-state index in [1.54, 1.807) is 18.2 Å². The van der Waals surface area contributed by atoms with E-state index in [2.05, 4.69) is 30.3 Å². The maximum absolute atomic E-state index is 10.8. The van der Waals surface area contributed by atoms with Gasteiger partial charge in [0.05, 0.1) is 28.8 Å². The topological polar surface area (TPSA) is 97.7 Å². The highest BCUT2D eigenvalue weighted by molar-refractivity contribution is 6.08. The maximum atomic E-state index is 10.8. The third-order valence-corrected chi connectivity index (χ3v) is 8.17. The van der Waals surface area contributed by atoms with E-state index in [0.29, 0.717) is 27.8 Å². The minimum atomic E-state index is 0.349. The highest BCUT2D eigenvalue weighted by Gasteiger charge is 2.21. The molecule has 0 aliphatic rings. The number of furan rings is 2. The lowest BCUT2D eigenvalue weighted by molar-refractivity contribution is 0.668. The van der Waals surface area contributed by atoms with Gasteiger partial charge >= 0.3 is 0 Å². The van der Waals surface area contributed by atoms with E-state index in [1.165, 1.54) is 0 Å². The molecule has 2 heterocycles. The lowest BCUT2D eigenvalue weighted by Crippen LogP contribution is -1.96. The first kappa shape index (κ1) is 25.1. The molecule has 0 saturated heterocycles. The number of hydrogen-bond acceptors (Lipinski definition) is 5. The lowest BCUT2D eigenvalue weighted by atomic mass is 9.85. The predicted octanol–water partition coefficient (Wildman–Crippen LogP) is 10.1. The summed E-state index contributed by atoms with van der Waals surface area (Å²) in [4.78, 5) is 0. The van der Waals surface area contributed by atoms with Crippen molar-refractivity contribution < 1.29 is 8.83 Å². The summed E-state index contributed by atoms with van der Waals surface area (Å²) in [6, 6.07) is 43.6. The smallest absolute Gasteiger partial charge is 0.135 e. The highest BCUT2D eigenvalue weighted by atomic mass is 16.3. The summed E-state index contributed by atoms with van der Waals surface area (Å²) >= 11 is 0. The average molecular weight is 562 g/mol. The molecular formula is C39H19N3O2. The van der Waals surface area contributed by atoms with Crippen molar-refractivity contribution in [2.24, 2.45) is 0 Å². The Morgan fingerprint density at radius 1 is 0.409 bits per heavy atom. The number of rotatable bonds is 3. The third-order valence-electron chi connectivity index (χ3n) is 8.17. The molecule has 0 aliphatic carbocycles. The van der Waals surface area contributed by atoms with Crippen LogP contribution < -0.4 is 0 Å². The summed E-state index contributed by atoms with van der Waals surface area (Å²) in [6.45, 7) is 0. The van der Waals surface area contributed by atoms with Crippen molar-refractivity contribution in [2.45, 2.75) is 0 Å². The fraction of sp³-hybridized carbons (Fsp3) is 0. The largest absolute Gasteiger partial charge is 0.456 e. The van der Waals surface area contributed by atoms with Gasteiger partial charge in [-0.1, -0.05) is 60.7 Å². The molecule has 0 spiro atoms. The van der Waals surface area contributed by atoms with Gasteiger partial charge in [0.15, 0.2) is 0 Å². The molecule has 0 aliphatic heterocycles. The van der Waals surface area contributed by atoms with E-state index in [-0.39, 0.29) is 0 Å². The van der Waals surface area contributed by atoms with Crippen LogP contribution in [0.3, 0.4) is 0 Å². The number of fused-ring (bicyclic) bond motifs is 6. The molecule has 5 heteroatoms. The van der Waals surface area contributed by atoms with Crippen LogP contribution in [0.4, 0.5) is 0 Å². The van der Waals surface area contributed by atoms with Crippen LogP contribution in [0, 0.1) is 34.0 Å². The van der Waals surface area contributed by atoms with E-state index in [1.807, 2.05) is 84.9 Å². The molecule has 0 bridgehead atoms. The molecule has 0 fully saturated rings. The molecule has 202 valence electrons. The Morgan fingerprint density at radius 3 is 1.45 bits per heavy atom. The molecule has 0 unspecified atom stereocenters. The van der Waals surface area contributed by atoms with E-state index < -0.39 is 0 Å². The van der Waals surface area contributed by atoms with Gasteiger partial charge in [-0.15, -0.1) is 0 Å². The van der Waals surface area contributed by atoms with Gasteiger partial charge in [0.25, 0.3) is 0 Å². The Bertz CT molecular complexity index is 2570. The van der Waals surface area contributed by atoms with Gasteiger partial charge < -0.3 is 8.83 Å². The Balaban J connectivity index is 1.43. The Labute approximate surface area is 251 Å². The van der Waals surface area contributed by atoms with E-state index in [9.17, 15) is 15.8 Å². The summed E-state index contributed by atoms with van der Waals surface area (Å²) in [5, 5.41) is 34.3. The fourth-order valence-corrected chi connectivity index (χ4v) is 6.19. The van der Waals surface area contributed by atoms with Gasteiger partial charge in [-0.25, -0.2) is 0 Å². The monoisotopic (exact) mass is 561 g/mol. The van der Waals surface area contributed by atoms with Crippen molar-refractivity contribution in [1.82, 2.24) is 0 Å². The zero-order valence-electron chi connectivity index (χ0n) is 23.1. The minimum absolute atomic E-state index is 0.349. The molecule has 8 rings (SSSR count). The normalized spacial score (nSPS) is 11.1. The molecule has 0 atom stereocenters. The highest BCUT2D eigenvalue weighted by Crippen LogP contribution is 2.43. The minimum Gasteiger partial charge on any atom is -0.456 e. The maximum Gasteiger partial charge on any atom is 0.135 e. The van der Waals surface area contributed by atoms with Gasteiger partial charge in [0.1, 0.15) is 28.4 Å². The molecule has 8 aromatic rings. The number of nitrogens with zero attached hydrogens (tertiary/aromatic N) is 3. The zero-order valence-corrected chi connectivity index (χ0v) is 23.1. The molecular weight excluding hydrogens is 542 g/mol. The van der Waals surface area contributed by atoms with Crippen molar-refractivity contribution in [3.05, 3.63) is 132 Å². The number of hydrogen-bond donors (Lipinski definition) is 0. The molecule has 2 aromatic heterocycles. The van der Waals surface area contributed by atoms with Crippen LogP contribution in [0.5, 0.6) is 0 Å². The average Bonchev–Trinajstić information content (AvgIpc) is 3.64. The van der Waals surface area contributed by atoms with E-state index in [0.717, 1.165) is 66.1 Å². The Morgan fingerprint density at radius 2 is 0.909 bits per heavy atom. The quantitative estimate of drug-likeness (QED) is 0.214. The van der Waals surface area contributed by atoms with Crippen LogP contribution in [0.2, 0.25) is 0 Å². The molecule has 5 nitrogen and oxygen atoms in total. The molecule has 0 amide bonds. The van der Waals surface area contributed by atoms with Crippen LogP contribution in [0.25, 0.3) is 77.3 Å². The Hall–Kier alpha value is -6.61. The van der Waals surface area contributed by atoms with Gasteiger partial charge in [-0.3, -0.25) is 0 Å². The number of para-hydroxylation sites is 2. The lowest BCUT2D eigenvalue weighted by Gasteiger charge is -2.17. The van der Waals surface area contributed by atoms with Crippen molar-refractivity contribution in [3.8, 4) is 51.6 Å². The first-order chi connectivity index (χ1) is 21.6. The van der Waals surface area contributed by atoms with E-state index in [4.69, 9.17) is 8.83 Å². The van der Waals surface area contributed by atoms with Crippen molar-refractivity contribution in [3.63, 3.8) is 0 Å². The molecule has 0 N–H and O–H groups in total. The summed E-state index contributed by atoms with van der Waals surface area (Å²) in [5.41, 5.74) is 8.88. The van der Waals surface area contributed by atoms with Gasteiger partial charge in [0.2, 0.25) is 0 Å². The van der Waals surface area contributed by atoms with Crippen molar-refractivity contribution in [2.75, 3.05) is 0 Å². The summed E-state index contributed by atoms with van der Waals surface area (Å²) in [7, 11) is 0. The van der Waals surface area contributed by atoms with E-state index >= 15 is 0 Å². The summed E-state index contributed by atoms with van der Waals surface area (Å²) in [5.74, 6) is 0. The first-order valence-electron chi connectivity index (χ1n) is 14.0. The van der Waals surface area contributed by atoms with Crippen molar-refractivity contribution in [1.29, 1.82) is 15.8 Å². The van der Waals surface area contributed by atoms with Crippen LogP contribution in [0.15, 0.2) is 124 Å². The fourth-order valence-electron chi connectivity index (χ4n) is 6.19. The standard InChI is InChI=1S/C39H19N3O2/c40-20-23-15-24(21-41)17-27(16-23)39-29(26-10-14-38-33(19-26)31-6-2-4-8-36(31)44-38)12-11-28(34(39)22-42)25-9-13-37-32(18-25)30-5-1-3-7-35(30)43-37/h1-19H. The molecule has 6 aromatic carbocycles. The van der Waals surface area contributed by atoms with Gasteiger partial charge in [0, 0.05) is 32.7 Å². The summed E-state index contributed by atoms with van der Waals surface area (Å²) < 4.78 is 12.1. The molecule has 0 saturated carbocycles. The SMILES string of the molecule is N#Cc1cc(C#N)cc(-c2c(-c3ccc4oc5ccccc5c4c3)ccc(-c3ccc4oc5ccccc5c4c3)c2C#N)c1. The van der Waals surface area contributed by atoms with Crippen LogP contribution in [0.1, 0.15) is 16.7 Å².